The summed E-state index contributed by atoms with van der Waals surface area (Å²) in [5.74, 6) is -0.485. The van der Waals surface area contributed by atoms with Gasteiger partial charge in [-0.25, -0.2) is 4.79 Å². The van der Waals surface area contributed by atoms with E-state index in [9.17, 15) is 14.4 Å². The SMILES string of the molecule is CC(C)(C)NC(=O)CNC(=O)CCNC(=O)NC1CCCCC1. The van der Waals surface area contributed by atoms with Crippen LogP contribution in [0.3, 0.4) is 0 Å². The Hall–Kier alpha value is -1.79. The molecule has 1 aliphatic rings. The van der Waals surface area contributed by atoms with Crippen LogP contribution in [0.25, 0.3) is 0 Å². The normalized spacial score (nSPS) is 15.6. The van der Waals surface area contributed by atoms with Gasteiger partial charge < -0.3 is 21.3 Å². The van der Waals surface area contributed by atoms with Crippen molar-refractivity contribution in [3.63, 3.8) is 0 Å². The monoisotopic (exact) mass is 326 g/mol. The third kappa shape index (κ3) is 9.76. The molecule has 4 N–H and O–H groups in total. The topological polar surface area (TPSA) is 99.3 Å². The molecule has 0 bridgehead atoms. The highest BCUT2D eigenvalue weighted by Crippen LogP contribution is 2.17. The molecular formula is C16H30N4O3. The summed E-state index contributed by atoms with van der Waals surface area (Å²) < 4.78 is 0. The van der Waals surface area contributed by atoms with E-state index in [-0.39, 0.29) is 48.9 Å². The lowest BCUT2D eigenvalue weighted by Gasteiger charge is -2.22. The van der Waals surface area contributed by atoms with Crippen molar-refractivity contribution < 1.29 is 14.4 Å². The van der Waals surface area contributed by atoms with Crippen LogP contribution in [0.5, 0.6) is 0 Å². The van der Waals surface area contributed by atoms with Crippen molar-refractivity contribution in [1.29, 1.82) is 0 Å². The van der Waals surface area contributed by atoms with E-state index < -0.39 is 0 Å². The summed E-state index contributed by atoms with van der Waals surface area (Å²) >= 11 is 0. The lowest BCUT2D eigenvalue weighted by atomic mass is 9.96. The largest absolute Gasteiger partial charge is 0.350 e. The summed E-state index contributed by atoms with van der Waals surface area (Å²) in [5.41, 5.74) is -0.319. The smallest absolute Gasteiger partial charge is 0.315 e. The molecule has 1 aliphatic carbocycles. The van der Waals surface area contributed by atoms with Crippen LogP contribution in [0.4, 0.5) is 4.79 Å². The van der Waals surface area contributed by atoms with E-state index in [0.717, 1.165) is 25.7 Å². The fraction of sp³-hybridized carbons (Fsp3) is 0.812. The van der Waals surface area contributed by atoms with E-state index in [1.165, 1.54) is 6.42 Å². The summed E-state index contributed by atoms with van der Waals surface area (Å²) in [6, 6.07) is 0.0221. The van der Waals surface area contributed by atoms with Gasteiger partial charge in [-0.15, -0.1) is 0 Å². The van der Waals surface area contributed by atoms with Crippen LogP contribution in [0.15, 0.2) is 0 Å². The Balaban J connectivity index is 2.09. The number of carbonyl (C=O) groups is 3. The van der Waals surface area contributed by atoms with Gasteiger partial charge >= 0.3 is 6.03 Å². The van der Waals surface area contributed by atoms with E-state index in [1.54, 1.807) is 0 Å². The molecule has 0 spiro atoms. The molecule has 1 rings (SSSR count). The van der Waals surface area contributed by atoms with Gasteiger partial charge in [0, 0.05) is 24.5 Å². The van der Waals surface area contributed by atoms with E-state index in [4.69, 9.17) is 0 Å². The molecule has 0 atom stereocenters. The highest BCUT2D eigenvalue weighted by atomic mass is 16.2. The molecule has 7 nitrogen and oxygen atoms in total. The highest BCUT2D eigenvalue weighted by molar-refractivity contribution is 5.85. The van der Waals surface area contributed by atoms with E-state index >= 15 is 0 Å². The van der Waals surface area contributed by atoms with Gasteiger partial charge in [0.05, 0.1) is 6.54 Å². The fourth-order valence-corrected chi connectivity index (χ4v) is 2.50. The predicted octanol–water partition coefficient (Wildman–Crippen LogP) is 1.04. The first-order chi connectivity index (χ1) is 10.8. The van der Waals surface area contributed by atoms with Gasteiger partial charge in [0.15, 0.2) is 0 Å². The Morgan fingerprint density at radius 1 is 0.957 bits per heavy atom. The van der Waals surface area contributed by atoms with Gasteiger partial charge in [0.2, 0.25) is 11.8 Å². The second kappa shape index (κ2) is 9.37. The average Bonchev–Trinajstić information content (AvgIpc) is 2.44. The zero-order chi connectivity index (χ0) is 17.3. The molecule has 132 valence electrons. The van der Waals surface area contributed by atoms with E-state index in [0.29, 0.717) is 0 Å². The molecule has 0 saturated heterocycles. The number of urea groups is 1. The number of rotatable bonds is 6. The number of hydrogen-bond acceptors (Lipinski definition) is 3. The van der Waals surface area contributed by atoms with Crippen molar-refractivity contribution in [2.75, 3.05) is 13.1 Å². The van der Waals surface area contributed by atoms with Crippen LogP contribution in [-0.4, -0.2) is 42.5 Å². The van der Waals surface area contributed by atoms with Crippen LogP contribution >= 0.6 is 0 Å². The first kappa shape index (κ1) is 19.3. The summed E-state index contributed by atoms with van der Waals surface area (Å²) in [4.78, 5) is 34.9. The molecule has 7 heteroatoms. The molecule has 0 radical (unpaired) electrons. The van der Waals surface area contributed by atoms with Gasteiger partial charge in [-0.3, -0.25) is 9.59 Å². The molecule has 0 aromatic heterocycles. The molecule has 4 amide bonds. The van der Waals surface area contributed by atoms with Gasteiger partial charge in [-0.2, -0.15) is 0 Å². The van der Waals surface area contributed by atoms with Crippen LogP contribution in [0.2, 0.25) is 0 Å². The minimum absolute atomic E-state index is 0.0512. The molecule has 0 unspecified atom stereocenters. The van der Waals surface area contributed by atoms with Crippen molar-refractivity contribution in [3.8, 4) is 0 Å². The van der Waals surface area contributed by atoms with Crippen molar-refractivity contribution in [2.24, 2.45) is 0 Å². The standard InChI is InChI=1S/C16H30N4O3/c1-16(2,3)20-14(22)11-18-13(21)9-10-17-15(23)19-12-7-5-4-6-8-12/h12H,4-11H2,1-3H3,(H,18,21)(H,20,22)(H2,17,19,23). The maximum absolute atomic E-state index is 11.7. The highest BCUT2D eigenvalue weighted by Gasteiger charge is 2.16. The molecule has 1 fully saturated rings. The van der Waals surface area contributed by atoms with E-state index in [1.807, 2.05) is 20.8 Å². The Labute approximate surface area is 138 Å². The zero-order valence-electron chi connectivity index (χ0n) is 14.5. The minimum Gasteiger partial charge on any atom is -0.350 e. The van der Waals surface area contributed by atoms with Crippen LogP contribution < -0.4 is 21.3 Å². The lowest BCUT2D eigenvalue weighted by molar-refractivity contribution is -0.126. The lowest BCUT2D eigenvalue weighted by Crippen LogP contribution is -2.46. The zero-order valence-corrected chi connectivity index (χ0v) is 14.5. The maximum atomic E-state index is 11.7. The fourth-order valence-electron chi connectivity index (χ4n) is 2.50. The molecule has 1 saturated carbocycles. The van der Waals surface area contributed by atoms with Gasteiger partial charge in [0.25, 0.3) is 0 Å². The van der Waals surface area contributed by atoms with Crippen molar-refractivity contribution in [2.45, 2.75) is 70.9 Å². The number of carbonyl (C=O) groups excluding carboxylic acids is 3. The van der Waals surface area contributed by atoms with Crippen LogP contribution in [0.1, 0.15) is 59.3 Å². The molecular weight excluding hydrogens is 296 g/mol. The molecule has 0 aromatic carbocycles. The second-order valence-electron chi connectivity index (χ2n) is 7.06. The quantitative estimate of drug-likeness (QED) is 0.587. The molecule has 0 heterocycles. The summed E-state index contributed by atoms with van der Waals surface area (Å²) in [5, 5.41) is 10.9. The molecule has 0 aliphatic heterocycles. The van der Waals surface area contributed by atoms with Crippen molar-refractivity contribution in [3.05, 3.63) is 0 Å². The summed E-state index contributed by atoms with van der Waals surface area (Å²) in [6.45, 7) is 5.83. The van der Waals surface area contributed by atoms with Crippen LogP contribution in [0, 0.1) is 0 Å². The molecule has 0 aromatic rings. The third-order valence-corrected chi connectivity index (χ3v) is 3.54. The van der Waals surface area contributed by atoms with Gasteiger partial charge in [-0.05, 0) is 33.6 Å². The summed E-state index contributed by atoms with van der Waals surface area (Å²) in [6.07, 6.45) is 5.76. The first-order valence-electron chi connectivity index (χ1n) is 8.38. The van der Waals surface area contributed by atoms with E-state index in [2.05, 4.69) is 21.3 Å². The number of nitrogens with one attached hydrogen (secondary N) is 4. The number of amides is 4. The van der Waals surface area contributed by atoms with Crippen molar-refractivity contribution >= 4 is 17.8 Å². The Morgan fingerprint density at radius 3 is 2.22 bits per heavy atom. The predicted molar refractivity (Wildman–Crippen MR) is 88.9 cm³/mol. The van der Waals surface area contributed by atoms with Gasteiger partial charge in [0.1, 0.15) is 0 Å². The molecule has 23 heavy (non-hydrogen) atoms. The van der Waals surface area contributed by atoms with Crippen molar-refractivity contribution in [1.82, 2.24) is 21.3 Å². The first-order valence-corrected chi connectivity index (χ1v) is 8.38. The Kier molecular flexibility index (Phi) is 7.85. The Morgan fingerprint density at radius 2 is 1.61 bits per heavy atom. The third-order valence-electron chi connectivity index (χ3n) is 3.54. The maximum Gasteiger partial charge on any atom is 0.315 e. The summed E-state index contributed by atoms with van der Waals surface area (Å²) in [7, 11) is 0. The average molecular weight is 326 g/mol. The second-order valence-corrected chi connectivity index (χ2v) is 7.06. The minimum atomic E-state index is -0.319. The Bertz CT molecular complexity index is 412. The van der Waals surface area contributed by atoms with Gasteiger partial charge in [-0.1, -0.05) is 19.3 Å². The number of hydrogen-bond donors (Lipinski definition) is 4. The van der Waals surface area contributed by atoms with Crippen LogP contribution in [-0.2, 0) is 9.59 Å².